The number of carbonyl (C=O) groups is 1. The Morgan fingerprint density at radius 2 is 1.58 bits per heavy atom. The molecule has 31 heavy (non-hydrogen) atoms. The zero-order chi connectivity index (χ0) is 21.8. The number of benzene rings is 3. The van der Waals surface area contributed by atoms with Gasteiger partial charge in [0.1, 0.15) is 12.4 Å². The van der Waals surface area contributed by atoms with Gasteiger partial charge in [0.2, 0.25) is 0 Å². The van der Waals surface area contributed by atoms with E-state index in [0.29, 0.717) is 11.4 Å². The normalized spacial score (nSPS) is 11.4. The molecule has 0 aliphatic carbocycles. The van der Waals surface area contributed by atoms with E-state index >= 15 is 0 Å². The second-order valence-electron chi connectivity index (χ2n) is 7.02. The highest BCUT2D eigenvalue weighted by atomic mass is 32.2. The number of aromatic carboxylic acids is 1. The molecule has 6 nitrogen and oxygen atoms in total. The Balaban J connectivity index is 1.42. The predicted molar refractivity (Wildman–Crippen MR) is 117 cm³/mol. The SMILES string of the molecule is O=C(O)c1ccc(COc2ccc(S(=O)(=O)Cc3ccc4ccccc4n3)cc2)cc1. The van der Waals surface area contributed by atoms with Crippen molar-refractivity contribution in [3.63, 3.8) is 0 Å². The summed E-state index contributed by atoms with van der Waals surface area (Å²) in [5, 5.41) is 9.89. The minimum absolute atomic E-state index is 0.187. The van der Waals surface area contributed by atoms with Crippen molar-refractivity contribution in [1.29, 1.82) is 0 Å². The molecule has 0 bridgehead atoms. The zero-order valence-corrected chi connectivity index (χ0v) is 17.2. The first kappa shape index (κ1) is 20.6. The molecular formula is C24H19NO5S. The van der Waals surface area contributed by atoms with Crippen LogP contribution in [-0.2, 0) is 22.2 Å². The number of rotatable bonds is 7. The van der Waals surface area contributed by atoms with Gasteiger partial charge in [-0.15, -0.1) is 0 Å². The maximum Gasteiger partial charge on any atom is 0.335 e. The van der Waals surface area contributed by atoms with Gasteiger partial charge in [-0.2, -0.15) is 0 Å². The van der Waals surface area contributed by atoms with Crippen molar-refractivity contribution in [3.8, 4) is 5.75 Å². The van der Waals surface area contributed by atoms with E-state index in [1.165, 1.54) is 24.3 Å². The van der Waals surface area contributed by atoms with Crippen LogP contribution in [0.5, 0.6) is 5.75 Å². The maximum atomic E-state index is 12.8. The number of fused-ring (bicyclic) bond motifs is 1. The molecule has 0 radical (unpaired) electrons. The maximum absolute atomic E-state index is 12.8. The van der Waals surface area contributed by atoms with Crippen molar-refractivity contribution in [1.82, 2.24) is 4.98 Å². The molecule has 3 aromatic carbocycles. The van der Waals surface area contributed by atoms with Crippen LogP contribution >= 0.6 is 0 Å². The monoisotopic (exact) mass is 433 g/mol. The fraction of sp³-hybridized carbons (Fsp3) is 0.0833. The van der Waals surface area contributed by atoms with Gasteiger partial charge in [-0.3, -0.25) is 4.98 Å². The fourth-order valence-corrected chi connectivity index (χ4v) is 4.39. The Labute approximate surface area is 179 Å². The molecule has 1 heterocycles. The molecule has 0 aliphatic rings. The van der Waals surface area contributed by atoms with Crippen molar-refractivity contribution in [2.45, 2.75) is 17.3 Å². The summed E-state index contributed by atoms with van der Waals surface area (Å²) < 4.78 is 31.2. The summed E-state index contributed by atoms with van der Waals surface area (Å²) in [6.07, 6.45) is 0. The predicted octanol–water partition coefficient (Wildman–Crippen LogP) is 4.49. The molecule has 7 heteroatoms. The third-order valence-corrected chi connectivity index (χ3v) is 6.45. The molecule has 0 saturated heterocycles. The summed E-state index contributed by atoms with van der Waals surface area (Å²) in [6, 6.07) is 23.8. The lowest BCUT2D eigenvalue weighted by molar-refractivity contribution is 0.0697. The molecule has 1 N–H and O–H groups in total. The standard InChI is InChI=1S/C24H19NO5S/c26-24(27)19-7-5-17(6-8-19)15-30-21-11-13-22(14-12-21)31(28,29)16-20-10-9-18-3-1-2-4-23(18)25-20/h1-14H,15-16H2,(H,26,27). The summed E-state index contributed by atoms with van der Waals surface area (Å²) in [6.45, 7) is 0.243. The molecular weight excluding hydrogens is 414 g/mol. The quantitative estimate of drug-likeness (QED) is 0.462. The van der Waals surface area contributed by atoms with Crippen LogP contribution in [0.4, 0.5) is 0 Å². The van der Waals surface area contributed by atoms with E-state index in [1.54, 1.807) is 30.3 Å². The number of para-hydroxylation sites is 1. The number of carboxylic acid groups (broad SMARTS) is 1. The van der Waals surface area contributed by atoms with E-state index in [4.69, 9.17) is 9.84 Å². The van der Waals surface area contributed by atoms with Crippen molar-refractivity contribution in [2.24, 2.45) is 0 Å². The Kier molecular flexibility index (Phi) is 5.68. The Morgan fingerprint density at radius 1 is 0.871 bits per heavy atom. The van der Waals surface area contributed by atoms with Crippen LogP contribution in [0, 0.1) is 0 Å². The van der Waals surface area contributed by atoms with E-state index in [9.17, 15) is 13.2 Å². The summed E-state index contributed by atoms with van der Waals surface area (Å²) in [4.78, 5) is 15.5. The molecule has 4 aromatic rings. The van der Waals surface area contributed by atoms with E-state index in [0.717, 1.165) is 16.5 Å². The summed E-state index contributed by atoms with van der Waals surface area (Å²) in [7, 11) is -3.55. The number of pyridine rings is 1. The van der Waals surface area contributed by atoms with E-state index in [1.807, 2.05) is 30.3 Å². The van der Waals surface area contributed by atoms with Crippen molar-refractivity contribution in [3.05, 3.63) is 102 Å². The van der Waals surface area contributed by atoms with Gasteiger partial charge in [0.05, 0.1) is 27.4 Å². The second-order valence-corrected chi connectivity index (χ2v) is 9.01. The minimum atomic E-state index is -3.55. The molecule has 0 spiro atoms. The average molecular weight is 433 g/mol. The number of ether oxygens (including phenoxy) is 1. The molecule has 0 atom stereocenters. The van der Waals surface area contributed by atoms with E-state index < -0.39 is 15.8 Å². The van der Waals surface area contributed by atoms with Crippen LogP contribution < -0.4 is 4.74 Å². The van der Waals surface area contributed by atoms with Crippen LogP contribution in [0.15, 0.2) is 89.8 Å². The molecule has 1 aromatic heterocycles. The Hall–Kier alpha value is -3.71. The van der Waals surface area contributed by atoms with Crippen molar-refractivity contribution >= 4 is 26.7 Å². The topological polar surface area (TPSA) is 93.6 Å². The van der Waals surface area contributed by atoms with Crippen LogP contribution in [0.25, 0.3) is 10.9 Å². The molecule has 0 unspecified atom stereocenters. The molecule has 4 rings (SSSR count). The highest BCUT2D eigenvalue weighted by Gasteiger charge is 2.16. The summed E-state index contributed by atoms with van der Waals surface area (Å²) >= 11 is 0. The lowest BCUT2D eigenvalue weighted by Gasteiger charge is -2.09. The van der Waals surface area contributed by atoms with Gasteiger partial charge in [-0.1, -0.05) is 36.4 Å². The van der Waals surface area contributed by atoms with Crippen molar-refractivity contribution in [2.75, 3.05) is 0 Å². The minimum Gasteiger partial charge on any atom is -0.489 e. The third-order valence-electron chi connectivity index (χ3n) is 4.78. The van der Waals surface area contributed by atoms with Gasteiger partial charge >= 0.3 is 5.97 Å². The first-order valence-electron chi connectivity index (χ1n) is 9.53. The van der Waals surface area contributed by atoms with Gasteiger partial charge in [-0.25, -0.2) is 13.2 Å². The third kappa shape index (κ3) is 4.90. The second kappa shape index (κ2) is 8.57. The van der Waals surface area contributed by atoms with Crippen LogP contribution in [-0.4, -0.2) is 24.5 Å². The van der Waals surface area contributed by atoms with Gasteiger partial charge < -0.3 is 9.84 Å². The van der Waals surface area contributed by atoms with Gasteiger partial charge in [0, 0.05) is 5.39 Å². The van der Waals surface area contributed by atoms with Gasteiger partial charge in [0.15, 0.2) is 9.84 Å². The van der Waals surface area contributed by atoms with Crippen LogP contribution in [0.1, 0.15) is 21.6 Å². The molecule has 0 fully saturated rings. The lowest BCUT2D eigenvalue weighted by atomic mass is 10.1. The number of hydrogen-bond donors (Lipinski definition) is 1. The highest BCUT2D eigenvalue weighted by molar-refractivity contribution is 7.90. The van der Waals surface area contributed by atoms with Crippen molar-refractivity contribution < 1.29 is 23.1 Å². The summed E-state index contributed by atoms with van der Waals surface area (Å²) in [5.41, 5.74) is 2.27. The Bertz CT molecular complexity index is 1330. The van der Waals surface area contributed by atoms with E-state index in [-0.39, 0.29) is 22.8 Å². The first-order chi connectivity index (χ1) is 14.9. The highest BCUT2D eigenvalue weighted by Crippen LogP contribution is 2.21. The average Bonchev–Trinajstić information content (AvgIpc) is 2.78. The molecule has 0 amide bonds. The number of aromatic nitrogens is 1. The molecule has 0 saturated carbocycles. The lowest BCUT2D eigenvalue weighted by Crippen LogP contribution is -2.06. The fourth-order valence-electron chi connectivity index (χ4n) is 3.12. The smallest absolute Gasteiger partial charge is 0.335 e. The number of hydrogen-bond acceptors (Lipinski definition) is 5. The van der Waals surface area contributed by atoms with Crippen LogP contribution in [0.3, 0.4) is 0 Å². The van der Waals surface area contributed by atoms with E-state index in [2.05, 4.69) is 4.98 Å². The summed E-state index contributed by atoms with van der Waals surface area (Å²) in [5.74, 6) is -0.651. The molecule has 156 valence electrons. The van der Waals surface area contributed by atoms with Gasteiger partial charge in [0.25, 0.3) is 0 Å². The number of nitrogens with zero attached hydrogens (tertiary/aromatic N) is 1. The zero-order valence-electron chi connectivity index (χ0n) is 16.4. The number of sulfone groups is 1. The first-order valence-corrected chi connectivity index (χ1v) is 11.2. The largest absolute Gasteiger partial charge is 0.489 e. The van der Waals surface area contributed by atoms with Crippen LogP contribution in [0.2, 0.25) is 0 Å². The Morgan fingerprint density at radius 3 is 2.29 bits per heavy atom. The van der Waals surface area contributed by atoms with Gasteiger partial charge in [-0.05, 0) is 54.1 Å². The molecule has 0 aliphatic heterocycles. The number of carboxylic acids is 1.